The standard InChI is InChI=1S/C8H16N4/c1-5-6(2)11-8(10-5)12-7(3)9-4/h5-6,9H,3H2,1-2,4H3,(H2,10,11,12). The van der Waals surface area contributed by atoms with Crippen LogP contribution in [0.3, 0.4) is 0 Å². The molecule has 1 rings (SSSR count). The number of nitrogens with one attached hydrogen (secondary N) is 3. The van der Waals surface area contributed by atoms with E-state index < -0.39 is 0 Å². The van der Waals surface area contributed by atoms with Crippen LogP contribution in [0.25, 0.3) is 0 Å². The van der Waals surface area contributed by atoms with E-state index >= 15 is 0 Å². The molecule has 0 saturated heterocycles. The van der Waals surface area contributed by atoms with Crippen molar-refractivity contribution in [2.45, 2.75) is 25.9 Å². The van der Waals surface area contributed by atoms with Gasteiger partial charge in [0.25, 0.3) is 0 Å². The van der Waals surface area contributed by atoms with Gasteiger partial charge in [-0.3, -0.25) is 0 Å². The van der Waals surface area contributed by atoms with Gasteiger partial charge < -0.3 is 16.0 Å². The Bertz CT molecular complexity index is 209. The maximum atomic E-state index is 4.35. The third-order valence-electron chi connectivity index (χ3n) is 1.99. The molecule has 0 saturated carbocycles. The van der Waals surface area contributed by atoms with E-state index in [0.29, 0.717) is 12.1 Å². The van der Waals surface area contributed by atoms with Crippen LogP contribution in [0.2, 0.25) is 0 Å². The molecular weight excluding hydrogens is 152 g/mol. The van der Waals surface area contributed by atoms with Crippen molar-refractivity contribution in [1.82, 2.24) is 16.0 Å². The number of rotatable bonds is 2. The summed E-state index contributed by atoms with van der Waals surface area (Å²) in [5.41, 5.74) is 0. The van der Waals surface area contributed by atoms with Gasteiger partial charge in [0.15, 0.2) is 5.96 Å². The van der Waals surface area contributed by atoms with Crippen LogP contribution in [0.15, 0.2) is 17.4 Å². The highest BCUT2D eigenvalue weighted by Crippen LogP contribution is 2.03. The van der Waals surface area contributed by atoms with Crippen LogP contribution in [0.5, 0.6) is 0 Å². The lowest BCUT2D eigenvalue weighted by atomic mass is 10.2. The van der Waals surface area contributed by atoms with E-state index in [4.69, 9.17) is 0 Å². The van der Waals surface area contributed by atoms with Crippen LogP contribution in [0.1, 0.15) is 13.8 Å². The Morgan fingerprint density at radius 3 is 2.67 bits per heavy atom. The fourth-order valence-electron chi connectivity index (χ4n) is 0.963. The fraction of sp³-hybridized carbons (Fsp3) is 0.625. The minimum Gasteiger partial charge on any atom is -0.375 e. The fourth-order valence-corrected chi connectivity index (χ4v) is 0.963. The summed E-state index contributed by atoms with van der Waals surface area (Å²) >= 11 is 0. The van der Waals surface area contributed by atoms with Crippen LogP contribution in [0.4, 0.5) is 0 Å². The normalized spacial score (nSPS) is 27.4. The Morgan fingerprint density at radius 1 is 1.58 bits per heavy atom. The second-order valence-electron chi connectivity index (χ2n) is 3.00. The molecule has 1 aliphatic rings. The first-order valence-corrected chi connectivity index (χ1v) is 4.11. The summed E-state index contributed by atoms with van der Waals surface area (Å²) in [4.78, 5) is 4.35. The van der Waals surface area contributed by atoms with Crippen molar-refractivity contribution < 1.29 is 0 Å². The lowest BCUT2D eigenvalue weighted by Crippen LogP contribution is -2.40. The van der Waals surface area contributed by atoms with E-state index in [1.807, 2.05) is 7.05 Å². The van der Waals surface area contributed by atoms with Crippen LogP contribution < -0.4 is 16.0 Å². The second kappa shape index (κ2) is 3.47. The van der Waals surface area contributed by atoms with Gasteiger partial charge in [0.1, 0.15) is 0 Å². The van der Waals surface area contributed by atoms with E-state index in [-0.39, 0.29) is 0 Å². The zero-order valence-electron chi connectivity index (χ0n) is 7.81. The molecule has 0 fully saturated rings. The molecule has 4 heteroatoms. The van der Waals surface area contributed by atoms with Crippen LogP contribution in [0, 0.1) is 0 Å². The van der Waals surface area contributed by atoms with Gasteiger partial charge in [-0.25, -0.2) is 4.99 Å². The topological polar surface area (TPSA) is 48.5 Å². The van der Waals surface area contributed by atoms with Crippen molar-refractivity contribution in [2.24, 2.45) is 4.99 Å². The van der Waals surface area contributed by atoms with Crippen LogP contribution in [-0.4, -0.2) is 25.1 Å². The highest BCUT2D eigenvalue weighted by atomic mass is 15.3. The summed E-state index contributed by atoms with van der Waals surface area (Å²) in [6.07, 6.45) is 0. The Kier molecular flexibility index (Phi) is 2.58. The summed E-state index contributed by atoms with van der Waals surface area (Å²) in [5, 5.41) is 9.12. The molecule has 0 aliphatic carbocycles. The Morgan fingerprint density at radius 2 is 2.25 bits per heavy atom. The van der Waals surface area contributed by atoms with Gasteiger partial charge in [-0.1, -0.05) is 6.58 Å². The molecule has 0 radical (unpaired) electrons. The predicted octanol–water partition coefficient (Wildman–Crippen LogP) is 0.00280. The van der Waals surface area contributed by atoms with Gasteiger partial charge in [0.2, 0.25) is 0 Å². The molecule has 0 amide bonds. The summed E-state index contributed by atoms with van der Waals surface area (Å²) in [7, 11) is 1.82. The Labute approximate surface area is 73.1 Å². The summed E-state index contributed by atoms with van der Waals surface area (Å²) in [6, 6.07) is 0.731. The molecule has 2 unspecified atom stereocenters. The highest BCUT2D eigenvalue weighted by Gasteiger charge is 2.20. The molecule has 0 aromatic rings. The van der Waals surface area contributed by atoms with Gasteiger partial charge in [-0.05, 0) is 13.8 Å². The van der Waals surface area contributed by atoms with Gasteiger partial charge in [0, 0.05) is 13.1 Å². The molecule has 1 aliphatic heterocycles. The molecule has 2 atom stereocenters. The molecule has 0 spiro atoms. The minimum atomic E-state index is 0.331. The number of hydrogen-bond donors (Lipinski definition) is 3. The van der Waals surface area contributed by atoms with E-state index in [2.05, 4.69) is 41.4 Å². The van der Waals surface area contributed by atoms with Crippen molar-refractivity contribution in [3.05, 3.63) is 12.4 Å². The third-order valence-corrected chi connectivity index (χ3v) is 1.99. The first-order chi connectivity index (χ1) is 5.63. The first-order valence-electron chi connectivity index (χ1n) is 4.11. The average molecular weight is 168 g/mol. The molecule has 12 heavy (non-hydrogen) atoms. The third kappa shape index (κ3) is 1.90. The number of aliphatic imine (C=N–C) groups is 1. The molecular formula is C8H16N4. The number of hydrogen-bond acceptors (Lipinski definition) is 4. The Hall–Kier alpha value is -1.19. The maximum Gasteiger partial charge on any atom is 0.197 e. The number of guanidine groups is 1. The zero-order chi connectivity index (χ0) is 9.14. The molecule has 0 aromatic heterocycles. The molecule has 3 N–H and O–H groups in total. The van der Waals surface area contributed by atoms with E-state index in [9.17, 15) is 0 Å². The zero-order valence-corrected chi connectivity index (χ0v) is 7.81. The van der Waals surface area contributed by atoms with Crippen LogP contribution >= 0.6 is 0 Å². The van der Waals surface area contributed by atoms with E-state index in [0.717, 1.165) is 11.8 Å². The largest absolute Gasteiger partial charge is 0.375 e. The molecule has 0 aromatic carbocycles. The first kappa shape index (κ1) is 8.90. The van der Waals surface area contributed by atoms with E-state index in [1.54, 1.807) is 0 Å². The predicted molar refractivity (Wildman–Crippen MR) is 50.8 cm³/mol. The average Bonchev–Trinajstić information content (AvgIpc) is 2.31. The summed E-state index contributed by atoms with van der Waals surface area (Å²) in [5.74, 6) is 1.55. The van der Waals surface area contributed by atoms with Gasteiger partial charge in [-0.15, -0.1) is 0 Å². The Balaban J connectivity index is 2.45. The maximum absolute atomic E-state index is 4.35. The highest BCUT2D eigenvalue weighted by molar-refractivity contribution is 5.83. The van der Waals surface area contributed by atoms with Gasteiger partial charge >= 0.3 is 0 Å². The molecule has 4 nitrogen and oxygen atoms in total. The lowest BCUT2D eigenvalue weighted by molar-refractivity contribution is 0.599. The molecule has 0 bridgehead atoms. The quantitative estimate of drug-likeness (QED) is 0.544. The van der Waals surface area contributed by atoms with Crippen molar-refractivity contribution in [2.75, 3.05) is 7.05 Å². The second-order valence-corrected chi connectivity index (χ2v) is 3.00. The van der Waals surface area contributed by atoms with Crippen molar-refractivity contribution >= 4 is 5.96 Å². The SMILES string of the molecule is C=C(NC)NC1=NC(C)C(C)N1. The monoisotopic (exact) mass is 168 g/mol. The molecule has 1 heterocycles. The molecule has 68 valence electrons. The smallest absolute Gasteiger partial charge is 0.197 e. The number of nitrogens with zero attached hydrogens (tertiary/aromatic N) is 1. The van der Waals surface area contributed by atoms with Crippen molar-refractivity contribution in [3.8, 4) is 0 Å². The minimum absolute atomic E-state index is 0.331. The lowest BCUT2D eigenvalue weighted by Gasteiger charge is -2.10. The van der Waals surface area contributed by atoms with E-state index in [1.165, 1.54) is 0 Å². The van der Waals surface area contributed by atoms with Crippen molar-refractivity contribution in [3.63, 3.8) is 0 Å². The summed E-state index contributed by atoms with van der Waals surface area (Å²) in [6.45, 7) is 7.92. The van der Waals surface area contributed by atoms with Gasteiger partial charge in [-0.2, -0.15) is 0 Å². The van der Waals surface area contributed by atoms with Crippen molar-refractivity contribution in [1.29, 1.82) is 0 Å². The van der Waals surface area contributed by atoms with Gasteiger partial charge in [0.05, 0.1) is 11.9 Å². The van der Waals surface area contributed by atoms with Crippen LogP contribution in [-0.2, 0) is 0 Å². The summed E-state index contributed by atoms with van der Waals surface area (Å²) < 4.78 is 0.